The second-order valence-electron chi connectivity index (χ2n) is 9.59. The number of carbonyl (C=O) groups is 2. The fourth-order valence-corrected chi connectivity index (χ4v) is 5.54. The summed E-state index contributed by atoms with van der Waals surface area (Å²) in [6.45, 7) is 6.39. The summed E-state index contributed by atoms with van der Waals surface area (Å²) in [4.78, 5) is 27.9. The lowest BCUT2D eigenvalue weighted by Gasteiger charge is -2.25. The highest BCUT2D eigenvalue weighted by atomic mass is 32.2. The minimum atomic E-state index is -0.309. The van der Waals surface area contributed by atoms with Gasteiger partial charge in [-0.15, -0.1) is 11.8 Å². The molecular formula is C26H32N4O5S. The zero-order valence-electron chi connectivity index (χ0n) is 21.5. The van der Waals surface area contributed by atoms with Gasteiger partial charge in [-0.05, 0) is 30.3 Å². The van der Waals surface area contributed by atoms with Crippen LogP contribution in [0.1, 0.15) is 48.6 Å². The van der Waals surface area contributed by atoms with E-state index in [1.54, 1.807) is 37.3 Å². The molecule has 2 aromatic heterocycles. The maximum Gasteiger partial charge on any atom is 0.240 e. The Kier molecular flexibility index (Phi) is 7.35. The molecule has 1 aromatic carbocycles. The third-order valence-corrected chi connectivity index (χ3v) is 7.25. The number of amides is 2. The van der Waals surface area contributed by atoms with E-state index in [4.69, 9.17) is 19.0 Å². The molecule has 0 spiro atoms. The van der Waals surface area contributed by atoms with Crippen molar-refractivity contribution in [3.05, 3.63) is 59.2 Å². The van der Waals surface area contributed by atoms with Gasteiger partial charge in [0.05, 0.1) is 43.7 Å². The first-order valence-electron chi connectivity index (χ1n) is 11.6. The third-order valence-electron chi connectivity index (χ3n) is 6.02. The second-order valence-corrected chi connectivity index (χ2v) is 10.7. The molecule has 3 heterocycles. The van der Waals surface area contributed by atoms with Crippen LogP contribution in [-0.4, -0.2) is 48.1 Å². The molecule has 4 rings (SSSR count). The first kappa shape index (κ1) is 25.7. The highest BCUT2D eigenvalue weighted by Gasteiger charge is 2.39. The van der Waals surface area contributed by atoms with Gasteiger partial charge in [0.2, 0.25) is 11.8 Å². The summed E-state index contributed by atoms with van der Waals surface area (Å²) in [7, 11) is 5.06. The predicted molar refractivity (Wildman–Crippen MR) is 139 cm³/mol. The number of carbonyl (C=O) groups excluding carboxylic acids is 2. The molecule has 1 atom stereocenters. The highest BCUT2D eigenvalue weighted by molar-refractivity contribution is 8.00. The summed E-state index contributed by atoms with van der Waals surface area (Å²) in [5.74, 6) is 2.38. The number of anilines is 1. The van der Waals surface area contributed by atoms with Crippen molar-refractivity contribution in [2.24, 2.45) is 7.05 Å². The van der Waals surface area contributed by atoms with E-state index in [1.807, 2.05) is 25.2 Å². The van der Waals surface area contributed by atoms with Gasteiger partial charge in [0.1, 0.15) is 29.6 Å². The Morgan fingerprint density at radius 1 is 1.25 bits per heavy atom. The summed E-state index contributed by atoms with van der Waals surface area (Å²) in [5.41, 5.74) is 2.33. The number of hydrogen-bond acceptors (Lipinski definition) is 7. The lowest BCUT2D eigenvalue weighted by atomic mass is 9.87. The maximum absolute atomic E-state index is 13.4. The number of fused-ring (bicyclic) bond motifs is 1. The average molecular weight is 513 g/mol. The largest absolute Gasteiger partial charge is 0.497 e. The van der Waals surface area contributed by atoms with E-state index in [2.05, 4.69) is 26.1 Å². The van der Waals surface area contributed by atoms with Gasteiger partial charge in [-0.1, -0.05) is 20.8 Å². The van der Waals surface area contributed by atoms with Crippen molar-refractivity contribution in [2.45, 2.75) is 38.0 Å². The van der Waals surface area contributed by atoms with Crippen LogP contribution in [0.3, 0.4) is 0 Å². The molecule has 3 aromatic rings. The zero-order valence-corrected chi connectivity index (χ0v) is 22.3. The van der Waals surface area contributed by atoms with Crippen LogP contribution in [0, 0.1) is 0 Å². The summed E-state index contributed by atoms with van der Waals surface area (Å²) < 4.78 is 18.2. The minimum absolute atomic E-state index is 0.127. The van der Waals surface area contributed by atoms with Crippen LogP contribution in [-0.2, 0) is 28.6 Å². The molecule has 36 heavy (non-hydrogen) atoms. The third kappa shape index (κ3) is 5.09. The summed E-state index contributed by atoms with van der Waals surface area (Å²) >= 11 is 1.50. The highest BCUT2D eigenvalue weighted by Crippen LogP contribution is 2.50. The van der Waals surface area contributed by atoms with Crippen LogP contribution in [0.5, 0.6) is 11.5 Å². The van der Waals surface area contributed by atoms with Crippen LogP contribution < -0.4 is 19.7 Å². The molecule has 1 aliphatic rings. The summed E-state index contributed by atoms with van der Waals surface area (Å²) in [5, 5.41) is 7.43. The molecule has 0 saturated carbocycles. The maximum atomic E-state index is 13.4. The SMILES string of the molecule is COc1ccc(OC)c([C@@H]2SCC(=O)N(CC(=O)NCc3ccco3)c3c2c(C(C)(C)C)nn3C)c1. The number of hydrogen-bond donors (Lipinski definition) is 1. The Balaban J connectivity index is 1.79. The van der Waals surface area contributed by atoms with Crippen molar-refractivity contribution in [3.63, 3.8) is 0 Å². The number of methoxy groups -OCH3 is 2. The Bertz CT molecular complexity index is 1250. The van der Waals surface area contributed by atoms with Gasteiger partial charge in [0.15, 0.2) is 0 Å². The van der Waals surface area contributed by atoms with Gasteiger partial charge in [-0.3, -0.25) is 19.2 Å². The van der Waals surface area contributed by atoms with E-state index in [9.17, 15) is 9.59 Å². The molecule has 1 aliphatic heterocycles. The smallest absolute Gasteiger partial charge is 0.240 e. The molecule has 0 fully saturated rings. The summed E-state index contributed by atoms with van der Waals surface area (Å²) in [6.07, 6.45) is 1.56. The first-order valence-corrected chi connectivity index (χ1v) is 12.7. The molecule has 0 aliphatic carbocycles. The van der Waals surface area contributed by atoms with Crippen molar-refractivity contribution in [1.29, 1.82) is 0 Å². The van der Waals surface area contributed by atoms with E-state index < -0.39 is 0 Å². The Morgan fingerprint density at radius 2 is 2.03 bits per heavy atom. The van der Waals surface area contributed by atoms with E-state index in [-0.39, 0.29) is 41.3 Å². The zero-order chi connectivity index (χ0) is 26.0. The number of aryl methyl sites for hydroxylation is 1. The number of rotatable bonds is 7. The Labute approximate surface area is 215 Å². The van der Waals surface area contributed by atoms with Crippen LogP contribution in [0.2, 0.25) is 0 Å². The first-order chi connectivity index (χ1) is 17.1. The van der Waals surface area contributed by atoms with Crippen molar-refractivity contribution in [3.8, 4) is 11.5 Å². The van der Waals surface area contributed by atoms with Gasteiger partial charge >= 0.3 is 0 Å². The van der Waals surface area contributed by atoms with Crippen molar-refractivity contribution in [2.75, 3.05) is 31.4 Å². The fraction of sp³-hybridized carbons (Fsp3) is 0.423. The van der Waals surface area contributed by atoms with Gasteiger partial charge in [0.25, 0.3) is 0 Å². The van der Waals surface area contributed by atoms with Crippen molar-refractivity contribution < 1.29 is 23.5 Å². The fourth-order valence-electron chi connectivity index (χ4n) is 4.33. The molecule has 0 radical (unpaired) electrons. The normalized spacial score (nSPS) is 15.9. The van der Waals surface area contributed by atoms with Gasteiger partial charge in [-0.25, -0.2) is 0 Å². The van der Waals surface area contributed by atoms with E-state index in [0.717, 1.165) is 16.8 Å². The number of nitrogens with zero attached hydrogens (tertiary/aromatic N) is 3. The molecule has 10 heteroatoms. The van der Waals surface area contributed by atoms with E-state index >= 15 is 0 Å². The molecule has 0 bridgehead atoms. The van der Waals surface area contributed by atoms with Crippen molar-refractivity contribution >= 4 is 29.4 Å². The Morgan fingerprint density at radius 3 is 2.67 bits per heavy atom. The monoisotopic (exact) mass is 512 g/mol. The quantitative estimate of drug-likeness (QED) is 0.514. The average Bonchev–Trinajstić information content (AvgIpc) is 3.46. The Hall–Kier alpha value is -3.40. The molecule has 192 valence electrons. The van der Waals surface area contributed by atoms with E-state index in [1.165, 1.54) is 16.7 Å². The molecule has 2 amide bonds. The minimum Gasteiger partial charge on any atom is -0.497 e. The molecule has 0 unspecified atom stereocenters. The van der Waals surface area contributed by atoms with Crippen LogP contribution in [0.25, 0.3) is 0 Å². The second kappa shape index (κ2) is 10.3. The number of ether oxygens (including phenoxy) is 2. The number of nitrogens with one attached hydrogen (secondary N) is 1. The molecule has 1 N–H and O–H groups in total. The number of benzene rings is 1. The topological polar surface area (TPSA) is 98.8 Å². The van der Waals surface area contributed by atoms with Crippen molar-refractivity contribution in [1.82, 2.24) is 15.1 Å². The number of thioether (sulfide) groups is 1. The van der Waals surface area contributed by atoms with Crippen LogP contribution in [0.15, 0.2) is 41.0 Å². The molecular weight excluding hydrogens is 480 g/mol. The molecule has 9 nitrogen and oxygen atoms in total. The lowest BCUT2D eigenvalue weighted by molar-refractivity contribution is -0.123. The molecule has 0 saturated heterocycles. The van der Waals surface area contributed by atoms with Gasteiger partial charge < -0.3 is 19.2 Å². The van der Waals surface area contributed by atoms with Crippen LogP contribution in [0.4, 0.5) is 5.82 Å². The summed E-state index contributed by atoms with van der Waals surface area (Å²) in [6, 6.07) is 9.21. The standard InChI is InChI=1S/C26H32N4O5S/c1-26(2,3)24-22-23(18-12-16(33-5)9-10-19(18)34-6)36-15-21(32)30(25(22)29(4)28-24)14-20(31)27-13-17-8-7-11-35-17/h7-12,23H,13-15H2,1-6H3,(H,27,31)/t23-/m0/s1. The van der Waals surface area contributed by atoms with Gasteiger partial charge in [-0.2, -0.15) is 5.10 Å². The van der Waals surface area contributed by atoms with Crippen LogP contribution >= 0.6 is 11.8 Å². The predicted octanol–water partition coefficient (Wildman–Crippen LogP) is 3.81. The number of aromatic nitrogens is 2. The lowest BCUT2D eigenvalue weighted by Crippen LogP contribution is -2.42. The van der Waals surface area contributed by atoms with Gasteiger partial charge in [0, 0.05) is 23.6 Å². The number of furan rings is 1. The van der Waals surface area contributed by atoms with E-state index in [0.29, 0.717) is 23.1 Å².